The Kier molecular flexibility index (Phi) is 9.35. The molecule has 4 heterocycles. The van der Waals surface area contributed by atoms with Crippen LogP contribution in [0.5, 0.6) is 0 Å². The van der Waals surface area contributed by atoms with Crippen LogP contribution in [0.1, 0.15) is 65.5 Å². The van der Waals surface area contributed by atoms with Crippen molar-refractivity contribution in [2.24, 2.45) is 5.92 Å². The van der Waals surface area contributed by atoms with Gasteiger partial charge in [-0.1, -0.05) is 17.7 Å². The number of rotatable bonds is 9. The van der Waals surface area contributed by atoms with Gasteiger partial charge in [0.1, 0.15) is 11.0 Å². The van der Waals surface area contributed by atoms with E-state index in [2.05, 4.69) is 15.2 Å². The number of carbonyl (C=O) groups excluding carboxylic acids is 1. The Morgan fingerprint density at radius 1 is 1.05 bits per heavy atom. The fourth-order valence-corrected chi connectivity index (χ4v) is 6.39. The molecule has 222 valence electrons. The van der Waals surface area contributed by atoms with Gasteiger partial charge in [0.25, 0.3) is 0 Å². The van der Waals surface area contributed by atoms with E-state index in [1.165, 1.54) is 4.68 Å². The molecule has 1 atom stereocenters. The Labute approximate surface area is 246 Å². The summed E-state index contributed by atoms with van der Waals surface area (Å²) in [5.74, 6) is 0.227. The molecule has 3 aromatic heterocycles. The summed E-state index contributed by atoms with van der Waals surface area (Å²) in [5.41, 5.74) is 1.54. The predicted molar refractivity (Wildman–Crippen MR) is 156 cm³/mol. The molecule has 13 heteroatoms. The molecule has 1 aliphatic rings. The molecule has 11 nitrogen and oxygen atoms in total. The van der Waals surface area contributed by atoms with Crippen LogP contribution in [0.15, 0.2) is 36.8 Å². The summed E-state index contributed by atoms with van der Waals surface area (Å²) >= 11 is 5.95. The molecule has 0 saturated carbocycles. The molecule has 0 unspecified atom stereocenters. The molecule has 4 rings (SSSR count). The quantitative estimate of drug-likeness (QED) is 0.202. The number of carbonyl (C=O) groups is 1. The summed E-state index contributed by atoms with van der Waals surface area (Å²) in [7, 11) is -4.04. The summed E-state index contributed by atoms with van der Waals surface area (Å²) in [6, 6.07) is 5.43. The van der Waals surface area contributed by atoms with Gasteiger partial charge in [0.2, 0.25) is 5.91 Å². The van der Waals surface area contributed by atoms with Gasteiger partial charge < -0.3 is 0 Å². The Morgan fingerprint density at radius 2 is 1.73 bits per heavy atom. The smallest absolute Gasteiger partial charge is 0.297 e. The molecule has 0 aliphatic carbocycles. The van der Waals surface area contributed by atoms with Crippen molar-refractivity contribution in [3.8, 4) is 11.3 Å². The molecule has 1 saturated heterocycles. The van der Waals surface area contributed by atoms with E-state index >= 15 is 0 Å². The second-order valence-electron chi connectivity index (χ2n) is 12.1. The fraction of sp³-hybridized carbons (Fsp3) is 0.536. The average molecular weight is 605 g/mol. The van der Waals surface area contributed by atoms with Crippen LogP contribution in [-0.2, 0) is 36.1 Å². The number of anilines is 1. The number of phosphoric ester groups is 1. The third kappa shape index (κ3) is 8.42. The highest BCUT2D eigenvalue weighted by molar-refractivity contribution is 7.48. The van der Waals surface area contributed by atoms with Gasteiger partial charge in [-0.2, -0.15) is 15.3 Å². The molecule has 3 aromatic rings. The van der Waals surface area contributed by atoms with Crippen molar-refractivity contribution in [3.63, 3.8) is 0 Å². The molecule has 0 aromatic carbocycles. The number of phosphoric acid groups is 1. The molecular weight excluding hydrogens is 567 g/mol. The first-order valence-corrected chi connectivity index (χ1v) is 15.4. The Bertz CT molecular complexity index is 1400. The van der Waals surface area contributed by atoms with Crippen molar-refractivity contribution in [2.45, 2.75) is 85.7 Å². The number of piperidine rings is 1. The maximum absolute atomic E-state index is 13.8. The number of halogens is 1. The van der Waals surface area contributed by atoms with E-state index < -0.39 is 19.0 Å². The molecule has 1 aliphatic heterocycles. The lowest BCUT2D eigenvalue weighted by molar-refractivity contribution is -0.123. The van der Waals surface area contributed by atoms with E-state index in [1.54, 1.807) is 71.1 Å². The van der Waals surface area contributed by atoms with Gasteiger partial charge in [0, 0.05) is 30.3 Å². The lowest BCUT2D eigenvalue weighted by Crippen LogP contribution is -2.43. The minimum atomic E-state index is -4.04. The Hall–Kier alpha value is -2.69. The average Bonchev–Trinajstić information content (AvgIpc) is 3.27. The van der Waals surface area contributed by atoms with Gasteiger partial charge in [-0.25, -0.2) is 14.2 Å². The first-order chi connectivity index (χ1) is 19.1. The number of amides is 1. The van der Waals surface area contributed by atoms with Crippen molar-refractivity contribution in [1.82, 2.24) is 25.0 Å². The minimum Gasteiger partial charge on any atom is -0.297 e. The Balaban J connectivity index is 1.67. The third-order valence-electron chi connectivity index (χ3n) is 6.17. The number of pyridine rings is 1. The maximum Gasteiger partial charge on any atom is 0.477 e. The van der Waals surface area contributed by atoms with Crippen molar-refractivity contribution >= 4 is 31.1 Å². The highest BCUT2D eigenvalue weighted by Crippen LogP contribution is 2.55. The van der Waals surface area contributed by atoms with E-state index in [0.717, 1.165) is 29.5 Å². The lowest BCUT2D eigenvalue weighted by Gasteiger charge is -2.33. The van der Waals surface area contributed by atoms with E-state index in [0.29, 0.717) is 29.6 Å². The van der Waals surface area contributed by atoms with Crippen molar-refractivity contribution in [2.75, 3.05) is 11.4 Å². The highest BCUT2D eigenvalue weighted by atomic mass is 35.5. The lowest BCUT2D eigenvalue weighted by atomic mass is 9.91. The zero-order valence-corrected chi connectivity index (χ0v) is 26.3. The second-order valence-corrected chi connectivity index (χ2v) is 14.0. The molecule has 1 amide bonds. The van der Waals surface area contributed by atoms with Gasteiger partial charge in [-0.05, 0) is 84.9 Å². The molecule has 0 spiro atoms. The van der Waals surface area contributed by atoms with Crippen LogP contribution >= 0.6 is 19.4 Å². The minimum absolute atomic E-state index is 0.0384. The summed E-state index contributed by atoms with van der Waals surface area (Å²) in [4.78, 5) is 19.7. The van der Waals surface area contributed by atoms with Gasteiger partial charge in [-0.3, -0.25) is 23.3 Å². The number of aryl methyl sites for hydroxylation is 1. The normalized spacial score (nSPS) is 16.8. The van der Waals surface area contributed by atoms with E-state index in [-0.39, 0.29) is 18.6 Å². The summed E-state index contributed by atoms with van der Waals surface area (Å²) in [5, 5.41) is 13.1. The van der Waals surface area contributed by atoms with Crippen LogP contribution in [0.4, 0.5) is 5.82 Å². The third-order valence-corrected chi connectivity index (χ3v) is 8.37. The van der Waals surface area contributed by atoms with Crippen LogP contribution in [0.3, 0.4) is 0 Å². The first-order valence-electron chi connectivity index (χ1n) is 13.6. The number of hydrogen-bond acceptors (Lipinski definition) is 9. The highest BCUT2D eigenvalue weighted by Gasteiger charge is 2.38. The van der Waals surface area contributed by atoms with Crippen LogP contribution in [0.2, 0.25) is 5.15 Å². The zero-order valence-electron chi connectivity index (χ0n) is 24.6. The topological polar surface area (TPSA) is 122 Å². The molecule has 0 N–H and O–H groups in total. The molecule has 1 fully saturated rings. The van der Waals surface area contributed by atoms with E-state index in [1.807, 2.05) is 19.1 Å². The standard InChI is InChI=1S/C28H38ClN6O5P/c1-19-15-31-32-17-22(19)23-14-25(34-12-8-9-21(26(34)36)13-20-10-11-24(29)30-16-20)35(33-23)18-38-41(37,39-27(2,3)4)40-28(5,6)7/h10-11,14-17,21H,8-9,12-13,18H2,1-7H3/t21-/m0/s1. The number of nitrogens with zero attached hydrogens (tertiary/aromatic N) is 6. The molecule has 41 heavy (non-hydrogen) atoms. The van der Waals surface area contributed by atoms with Crippen molar-refractivity contribution in [3.05, 3.63) is 53.1 Å². The SMILES string of the molecule is Cc1cnncc1-c1cc(N2CCC[C@@H](Cc3ccc(Cl)nc3)C2=O)n(COP(=O)(OC(C)(C)C)OC(C)(C)C)n1. The van der Waals surface area contributed by atoms with Crippen molar-refractivity contribution < 1.29 is 22.9 Å². The summed E-state index contributed by atoms with van der Waals surface area (Å²) < 4.78 is 32.7. The molecule has 0 radical (unpaired) electrons. The maximum atomic E-state index is 13.8. The largest absolute Gasteiger partial charge is 0.477 e. The van der Waals surface area contributed by atoms with Gasteiger partial charge in [0.15, 0.2) is 6.73 Å². The van der Waals surface area contributed by atoms with Crippen LogP contribution in [0, 0.1) is 12.8 Å². The first kappa shape index (κ1) is 31.3. The zero-order chi connectivity index (χ0) is 30.0. The van der Waals surface area contributed by atoms with Gasteiger partial charge >= 0.3 is 7.82 Å². The fourth-order valence-electron chi connectivity index (χ4n) is 4.55. The molecule has 0 bridgehead atoms. The predicted octanol–water partition coefficient (Wildman–Crippen LogP) is 6.40. The van der Waals surface area contributed by atoms with Crippen LogP contribution < -0.4 is 4.90 Å². The summed E-state index contributed by atoms with van der Waals surface area (Å²) in [6.45, 7) is 12.8. The van der Waals surface area contributed by atoms with Gasteiger partial charge in [0.05, 0.1) is 29.3 Å². The number of hydrogen-bond donors (Lipinski definition) is 0. The number of aromatic nitrogens is 5. The van der Waals surface area contributed by atoms with E-state index in [4.69, 9.17) is 30.3 Å². The monoisotopic (exact) mass is 604 g/mol. The van der Waals surface area contributed by atoms with Crippen LogP contribution in [-0.4, -0.2) is 48.6 Å². The van der Waals surface area contributed by atoms with Crippen LogP contribution in [0.25, 0.3) is 11.3 Å². The second kappa shape index (κ2) is 12.3. The van der Waals surface area contributed by atoms with Crippen molar-refractivity contribution in [1.29, 1.82) is 0 Å². The van der Waals surface area contributed by atoms with E-state index in [9.17, 15) is 9.36 Å². The van der Waals surface area contributed by atoms with Gasteiger partial charge in [-0.15, -0.1) is 0 Å². The molecular formula is C28H38ClN6O5P. The summed E-state index contributed by atoms with van der Waals surface area (Å²) in [6.07, 6.45) is 7.06. The Morgan fingerprint density at radius 3 is 2.34 bits per heavy atom.